The van der Waals surface area contributed by atoms with E-state index in [-0.39, 0.29) is 29.7 Å². The van der Waals surface area contributed by atoms with Gasteiger partial charge in [0.05, 0.1) is 10.5 Å². The van der Waals surface area contributed by atoms with E-state index in [0.29, 0.717) is 19.6 Å². The Hall–Kier alpha value is -1.03. The van der Waals surface area contributed by atoms with Gasteiger partial charge in [-0.3, -0.25) is 4.99 Å². The summed E-state index contributed by atoms with van der Waals surface area (Å²) in [5, 5.41) is 3.30. The quantitative estimate of drug-likeness (QED) is 0.376. The third kappa shape index (κ3) is 6.23. The van der Waals surface area contributed by atoms with Crippen molar-refractivity contribution in [3.8, 4) is 0 Å². The molecule has 1 aromatic rings. The highest BCUT2D eigenvalue weighted by atomic mass is 127. The van der Waals surface area contributed by atoms with Gasteiger partial charge in [0.2, 0.25) is 0 Å². The zero-order valence-electron chi connectivity index (χ0n) is 17.0. The van der Waals surface area contributed by atoms with Crippen molar-refractivity contribution in [1.29, 1.82) is 0 Å². The van der Waals surface area contributed by atoms with E-state index in [1.54, 1.807) is 13.8 Å². The molecule has 2 rings (SSSR count). The van der Waals surface area contributed by atoms with Gasteiger partial charge >= 0.3 is 0 Å². The highest BCUT2D eigenvalue weighted by molar-refractivity contribution is 14.0. The summed E-state index contributed by atoms with van der Waals surface area (Å²) < 4.78 is 23.7. The fourth-order valence-electron chi connectivity index (χ4n) is 3.00. The van der Waals surface area contributed by atoms with Crippen molar-refractivity contribution >= 4 is 45.5 Å². The molecule has 0 unspecified atom stereocenters. The van der Waals surface area contributed by atoms with Crippen molar-refractivity contribution in [2.45, 2.75) is 31.9 Å². The number of anilines is 1. The third-order valence-electron chi connectivity index (χ3n) is 4.79. The van der Waals surface area contributed by atoms with Crippen molar-refractivity contribution in [2.24, 2.45) is 4.99 Å². The minimum absolute atomic E-state index is 0. The Bertz CT molecular complexity index is 731. The first-order valence-electron chi connectivity index (χ1n) is 9.18. The first-order valence-corrected chi connectivity index (χ1v) is 10.8. The molecule has 1 N–H and O–H groups in total. The number of guanidine groups is 1. The van der Waals surface area contributed by atoms with E-state index >= 15 is 0 Å². The summed E-state index contributed by atoms with van der Waals surface area (Å²) in [4.78, 5) is 8.88. The van der Waals surface area contributed by atoms with Crippen LogP contribution in [0.2, 0.25) is 0 Å². The number of nitrogens with zero attached hydrogens (tertiary/aromatic N) is 3. The van der Waals surface area contributed by atoms with E-state index in [4.69, 9.17) is 4.99 Å². The normalized spacial score (nSPS) is 18.6. The van der Waals surface area contributed by atoms with Crippen molar-refractivity contribution in [3.05, 3.63) is 29.8 Å². The SMILES string of the molecule is CCNC(=NCCc1ccc(N(C)C)cc1)N1CCS(=O)(=O)C(C)(C)C1.I. The van der Waals surface area contributed by atoms with Crippen LogP contribution in [0.4, 0.5) is 5.69 Å². The van der Waals surface area contributed by atoms with Crippen LogP contribution in [0, 0.1) is 0 Å². The second kappa shape index (κ2) is 9.95. The van der Waals surface area contributed by atoms with Crippen LogP contribution in [0.5, 0.6) is 0 Å². The minimum Gasteiger partial charge on any atom is -0.378 e. The lowest BCUT2D eigenvalue weighted by atomic mass is 10.1. The molecule has 0 radical (unpaired) electrons. The molecule has 0 aliphatic carbocycles. The Balaban J connectivity index is 0.00000364. The molecule has 1 fully saturated rings. The number of halogens is 1. The molecule has 8 heteroatoms. The van der Waals surface area contributed by atoms with Crippen molar-refractivity contribution in [1.82, 2.24) is 10.2 Å². The van der Waals surface area contributed by atoms with Crippen molar-refractivity contribution in [2.75, 3.05) is 50.9 Å². The maximum atomic E-state index is 12.2. The Morgan fingerprint density at radius 1 is 1.26 bits per heavy atom. The van der Waals surface area contributed by atoms with Gasteiger partial charge < -0.3 is 15.1 Å². The molecule has 0 spiro atoms. The molecule has 1 aliphatic heterocycles. The molecule has 0 aromatic heterocycles. The molecule has 27 heavy (non-hydrogen) atoms. The molecule has 1 saturated heterocycles. The Morgan fingerprint density at radius 3 is 2.41 bits per heavy atom. The maximum absolute atomic E-state index is 12.2. The van der Waals surface area contributed by atoms with Gasteiger partial charge in [-0.05, 0) is 44.9 Å². The summed E-state index contributed by atoms with van der Waals surface area (Å²) in [6.07, 6.45) is 0.859. The zero-order chi connectivity index (χ0) is 19.4. The molecule has 1 heterocycles. The lowest BCUT2D eigenvalue weighted by molar-refractivity contribution is 0.353. The number of hydrogen-bond donors (Lipinski definition) is 1. The number of sulfone groups is 1. The molecule has 1 aromatic carbocycles. The third-order valence-corrected chi connectivity index (χ3v) is 7.33. The fraction of sp³-hybridized carbons (Fsp3) is 0.632. The van der Waals surface area contributed by atoms with Crippen LogP contribution in [0.25, 0.3) is 0 Å². The van der Waals surface area contributed by atoms with Gasteiger partial charge in [0, 0.05) is 46.0 Å². The van der Waals surface area contributed by atoms with E-state index in [0.717, 1.165) is 18.9 Å². The summed E-state index contributed by atoms with van der Waals surface area (Å²) >= 11 is 0. The smallest absolute Gasteiger partial charge is 0.194 e. The highest BCUT2D eigenvalue weighted by Crippen LogP contribution is 2.23. The number of aliphatic imine (C=N–C) groups is 1. The summed E-state index contributed by atoms with van der Waals surface area (Å²) in [6, 6.07) is 8.49. The molecule has 0 bridgehead atoms. The first kappa shape index (κ1) is 24.0. The molecule has 154 valence electrons. The maximum Gasteiger partial charge on any atom is 0.194 e. The van der Waals surface area contributed by atoms with Crippen LogP contribution >= 0.6 is 24.0 Å². The summed E-state index contributed by atoms with van der Waals surface area (Å²) in [6.45, 7) is 8.03. The lowest BCUT2D eigenvalue weighted by Gasteiger charge is -2.39. The van der Waals surface area contributed by atoms with Gasteiger partial charge in [0.1, 0.15) is 0 Å². The predicted molar refractivity (Wildman–Crippen MR) is 125 cm³/mol. The number of hydrogen-bond acceptors (Lipinski definition) is 4. The van der Waals surface area contributed by atoms with Crippen LogP contribution in [-0.2, 0) is 16.3 Å². The van der Waals surface area contributed by atoms with Crippen molar-refractivity contribution < 1.29 is 8.42 Å². The van der Waals surface area contributed by atoms with E-state index in [1.807, 2.05) is 21.0 Å². The molecular weight excluding hydrogens is 475 g/mol. The number of rotatable bonds is 5. The molecule has 6 nitrogen and oxygen atoms in total. The first-order chi connectivity index (χ1) is 12.2. The Morgan fingerprint density at radius 2 is 1.89 bits per heavy atom. The van der Waals surface area contributed by atoms with Crippen LogP contribution in [0.15, 0.2) is 29.3 Å². The predicted octanol–water partition coefficient (Wildman–Crippen LogP) is 2.39. The lowest BCUT2D eigenvalue weighted by Crippen LogP contribution is -2.57. The average molecular weight is 508 g/mol. The van der Waals surface area contributed by atoms with Gasteiger partial charge in [-0.2, -0.15) is 0 Å². The van der Waals surface area contributed by atoms with Crippen LogP contribution < -0.4 is 10.2 Å². The van der Waals surface area contributed by atoms with Gasteiger partial charge in [0.15, 0.2) is 15.8 Å². The second-order valence-electron chi connectivity index (χ2n) is 7.55. The summed E-state index contributed by atoms with van der Waals surface area (Å²) in [5.74, 6) is 0.983. The molecule has 0 saturated carbocycles. The number of benzene rings is 1. The molecular formula is C19H33IN4O2S. The topological polar surface area (TPSA) is 65.0 Å². The van der Waals surface area contributed by atoms with Crippen LogP contribution in [0.1, 0.15) is 26.3 Å². The molecule has 0 atom stereocenters. The largest absolute Gasteiger partial charge is 0.378 e. The van der Waals surface area contributed by atoms with E-state index in [2.05, 4.69) is 39.4 Å². The monoisotopic (exact) mass is 508 g/mol. The standard InChI is InChI=1S/C19H32N4O2S.HI/c1-6-20-18(23-13-14-26(24,25)19(2,3)15-23)21-12-11-16-7-9-17(10-8-16)22(4)5;/h7-10H,6,11-15H2,1-5H3,(H,20,21);1H. The van der Waals surface area contributed by atoms with Gasteiger partial charge in [0.25, 0.3) is 0 Å². The summed E-state index contributed by atoms with van der Waals surface area (Å²) in [5.41, 5.74) is 2.43. The minimum atomic E-state index is -3.05. The van der Waals surface area contributed by atoms with E-state index in [9.17, 15) is 8.42 Å². The van der Waals surface area contributed by atoms with E-state index < -0.39 is 14.6 Å². The van der Waals surface area contributed by atoms with Crippen LogP contribution in [0.3, 0.4) is 0 Å². The highest BCUT2D eigenvalue weighted by Gasteiger charge is 2.40. The van der Waals surface area contributed by atoms with Crippen molar-refractivity contribution in [3.63, 3.8) is 0 Å². The molecule has 1 aliphatic rings. The van der Waals surface area contributed by atoms with Crippen LogP contribution in [-0.4, -0.2) is 70.1 Å². The van der Waals surface area contributed by atoms with E-state index in [1.165, 1.54) is 11.3 Å². The fourth-order valence-corrected chi connectivity index (χ4v) is 4.37. The van der Waals surface area contributed by atoms with Gasteiger partial charge in [-0.25, -0.2) is 8.42 Å². The summed E-state index contributed by atoms with van der Waals surface area (Å²) in [7, 11) is 1.01. The second-order valence-corrected chi connectivity index (χ2v) is 10.3. The Labute approximate surface area is 181 Å². The zero-order valence-corrected chi connectivity index (χ0v) is 20.2. The average Bonchev–Trinajstić information content (AvgIpc) is 2.57. The molecule has 0 amide bonds. The van der Waals surface area contributed by atoms with Gasteiger partial charge in [-0.1, -0.05) is 12.1 Å². The van der Waals surface area contributed by atoms with Gasteiger partial charge in [-0.15, -0.1) is 24.0 Å². The Kier molecular flexibility index (Phi) is 8.85. The number of nitrogens with one attached hydrogen (secondary N) is 1.